The Morgan fingerprint density at radius 2 is 1.76 bits per heavy atom. The molecule has 34 heavy (non-hydrogen) atoms. The van der Waals surface area contributed by atoms with Gasteiger partial charge in [-0.05, 0) is 83.4 Å². The van der Waals surface area contributed by atoms with Crippen molar-refractivity contribution in [1.29, 1.82) is 0 Å². The van der Waals surface area contributed by atoms with Crippen molar-refractivity contribution >= 4 is 60.7 Å². The van der Waals surface area contributed by atoms with Crippen LogP contribution in [0.25, 0.3) is 0 Å². The highest BCUT2D eigenvalue weighted by molar-refractivity contribution is 9.11. The van der Waals surface area contributed by atoms with Crippen LogP contribution in [0.15, 0.2) is 62.9 Å². The van der Waals surface area contributed by atoms with Crippen molar-refractivity contribution in [3.05, 3.63) is 73.3 Å². The minimum atomic E-state index is -0.115. The summed E-state index contributed by atoms with van der Waals surface area (Å²) in [5.74, 6) is 0.918. The molecule has 2 aromatic carbocycles. The Morgan fingerprint density at radius 1 is 1.03 bits per heavy atom. The zero-order valence-electron chi connectivity index (χ0n) is 18.6. The van der Waals surface area contributed by atoms with Gasteiger partial charge in [-0.15, -0.1) is 11.3 Å². The van der Waals surface area contributed by atoms with Crippen LogP contribution in [0.5, 0.6) is 11.5 Å². The smallest absolute Gasteiger partial charge is 0.253 e. The van der Waals surface area contributed by atoms with Crippen LogP contribution in [-0.2, 0) is 11.4 Å². The third-order valence-electron chi connectivity index (χ3n) is 5.67. The molecule has 2 amide bonds. The first-order valence-corrected chi connectivity index (χ1v) is 13.2. The lowest BCUT2D eigenvalue weighted by Crippen LogP contribution is -2.41. The fourth-order valence-electron chi connectivity index (χ4n) is 3.80. The Labute approximate surface area is 219 Å². The van der Waals surface area contributed by atoms with Crippen LogP contribution in [0.4, 0.5) is 5.69 Å². The van der Waals surface area contributed by atoms with Crippen LogP contribution in [0, 0.1) is 5.92 Å². The van der Waals surface area contributed by atoms with Gasteiger partial charge in [0.15, 0.2) is 11.5 Å². The third kappa shape index (κ3) is 6.20. The molecule has 9 heteroatoms. The van der Waals surface area contributed by atoms with Crippen molar-refractivity contribution in [2.75, 3.05) is 25.5 Å². The maximum absolute atomic E-state index is 13.1. The number of benzene rings is 2. The molecule has 1 aliphatic heterocycles. The molecule has 0 unspecified atom stereocenters. The van der Waals surface area contributed by atoms with Gasteiger partial charge in [-0.2, -0.15) is 0 Å². The predicted molar refractivity (Wildman–Crippen MR) is 141 cm³/mol. The van der Waals surface area contributed by atoms with Gasteiger partial charge in [-0.25, -0.2) is 0 Å². The number of hydrogen-bond donors (Lipinski definition) is 1. The quantitative estimate of drug-likeness (QED) is 0.340. The average molecular weight is 608 g/mol. The van der Waals surface area contributed by atoms with Gasteiger partial charge in [-0.1, -0.05) is 15.9 Å². The molecule has 1 aliphatic rings. The van der Waals surface area contributed by atoms with Crippen molar-refractivity contribution in [2.24, 2.45) is 5.92 Å². The molecule has 4 rings (SSSR count). The molecule has 0 bridgehead atoms. The predicted octanol–water partition coefficient (Wildman–Crippen LogP) is 6.35. The topological polar surface area (TPSA) is 67.9 Å². The van der Waals surface area contributed by atoms with Crippen LogP contribution < -0.4 is 14.8 Å². The first-order valence-electron chi connectivity index (χ1n) is 10.8. The van der Waals surface area contributed by atoms with Gasteiger partial charge in [-0.3, -0.25) is 9.59 Å². The van der Waals surface area contributed by atoms with E-state index >= 15 is 0 Å². The molecule has 1 aromatic heterocycles. The van der Waals surface area contributed by atoms with Gasteiger partial charge in [0.05, 0.1) is 10.9 Å². The number of carbonyl (C=O) groups is 2. The summed E-state index contributed by atoms with van der Waals surface area (Å²) in [6, 6.07) is 16.7. The highest BCUT2D eigenvalue weighted by Crippen LogP contribution is 2.31. The summed E-state index contributed by atoms with van der Waals surface area (Å²) >= 11 is 8.45. The number of carbonyl (C=O) groups excluding carboxylic acids is 2. The number of hydrogen-bond acceptors (Lipinski definition) is 5. The van der Waals surface area contributed by atoms with E-state index in [-0.39, 0.29) is 17.7 Å². The molecule has 0 saturated carbocycles. The highest BCUT2D eigenvalue weighted by Gasteiger charge is 2.28. The van der Waals surface area contributed by atoms with Gasteiger partial charge >= 0.3 is 0 Å². The third-order valence-corrected chi connectivity index (χ3v) is 7.80. The number of amides is 2. The number of anilines is 1. The fourth-order valence-corrected chi connectivity index (χ4v) is 5.46. The van der Waals surface area contributed by atoms with Crippen LogP contribution in [0.3, 0.4) is 0 Å². The number of piperidine rings is 1. The molecule has 3 aromatic rings. The minimum Gasteiger partial charge on any atom is -0.493 e. The van der Waals surface area contributed by atoms with Crippen LogP contribution in [0.2, 0.25) is 0 Å². The molecule has 0 radical (unpaired) electrons. The summed E-state index contributed by atoms with van der Waals surface area (Å²) in [6.45, 7) is 1.49. The van der Waals surface area contributed by atoms with Gasteiger partial charge in [0.1, 0.15) is 6.61 Å². The number of nitrogens with one attached hydrogen (secondary N) is 1. The van der Waals surface area contributed by atoms with E-state index in [1.807, 2.05) is 36.4 Å². The second kappa shape index (κ2) is 11.4. The Balaban J connectivity index is 1.33. The van der Waals surface area contributed by atoms with E-state index in [9.17, 15) is 9.59 Å². The Morgan fingerprint density at radius 3 is 2.41 bits per heavy atom. The maximum atomic E-state index is 13.1. The number of nitrogens with zero attached hydrogens (tertiary/aromatic N) is 1. The second-order valence-electron chi connectivity index (χ2n) is 7.92. The molecule has 0 atom stereocenters. The minimum absolute atomic E-state index is 0.00429. The first-order chi connectivity index (χ1) is 16.4. The lowest BCUT2D eigenvalue weighted by molar-refractivity contribution is -0.121. The summed E-state index contributed by atoms with van der Waals surface area (Å²) in [7, 11) is 1.56. The zero-order chi connectivity index (χ0) is 24.1. The van der Waals surface area contributed by atoms with E-state index in [0.29, 0.717) is 49.6 Å². The summed E-state index contributed by atoms with van der Waals surface area (Å²) in [5, 5.41) is 2.97. The Hall–Kier alpha value is -2.36. The van der Waals surface area contributed by atoms with Gasteiger partial charge < -0.3 is 19.7 Å². The number of halogens is 2. The number of thiophene rings is 1. The summed E-state index contributed by atoms with van der Waals surface area (Å²) < 4.78 is 13.4. The van der Waals surface area contributed by atoms with Crippen LogP contribution in [-0.4, -0.2) is 36.9 Å². The molecule has 1 N–H and O–H groups in total. The zero-order valence-corrected chi connectivity index (χ0v) is 22.5. The SMILES string of the molecule is COc1cc(C(=O)N2CCC(C(=O)Nc3ccc(Br)cc3)CC2)ccc1OCc1ccc(Br)s1. The van der Waals surface area contributed by atoms with E-state index in [1.165, 1.54) is 0 Å². The molecule has 0 spiro atoms. The van der Waals surface area contributed by atoms with Gasteiger partial charge in [0.25, 0.3) is 5.91 Å². The molecule has 178 valence electrons. The second-order valence-corrected chi connectivity index (χ2v) is 11.4. The number of ether oxygens (including phenoxy) is 2. The fraction of sp³-hybridized carbons (Fsp3) is 0.280. The largest absolute Gasteiger partial charge is 0.493 e. The molecule has 0 aliphatic carbocycles. The van der Waals surface area contributed by atoms with Crippen molar-refractivity contribution in [1.82, 2.24) is 4.90 Å². The van der Waals surface area contributed by atoms with Crippen LogP contribution in [0.1, 0.15) is 28.1 Å². The standard InChI is InChI=1S/C25H24Br2N2O4S/c1-32-22-14-17(2-8-21(22)33-15-20-7-9-23(27)34-20)25(31)29-12-10-16(11-13-29)24(30)28-19-5-3-18(26)4-6-19/h2-9,14,16H,10-13,15H2,1H3,(H,28,30). The molecule has 1 fully saturated rings. The Kier molecular flexibility index (Phi) is 8.28. The van der Waals surface area contributed by atoms with E-state index in [1.54, 1.807) is 41.5 Å². The Bertz CT molecular complexity index is 1160. The molecule has 2 heterocycles. The molecule has 6 nitrogen and oxygen atoms in total. The van der Waals surface area contributed by atoms with E-state index in [2.05, 4.69) is 37.2 Å². The van der Waals surface area contributed by atoms with E-state index in [4.69, 9.17) is 9.47 Å². The summed E-state index contributed by atoms with van der Waals surface area (Å²) in [6.07, 6.45) is 1.26. The highest BCUT2D eigenvalue weighted by atomic mass is 79.9. The van der Waals surface area contributed by atoms with Crippen molar-refractivity contribution < 1.29 is 19.1 Å². The van der Waals surface area contributed by atoms with E-state index < -0.39 is 0 Å². The number of likely N-dealkylation sites (tertiary alicyclic amines) is 1. The molecular weight excluding hydrogens is 584 g/mol. The maximum Gasteiger partial charge on any atom is 0.253 e. The monoisotopic (exact) mass is 606 g/mol. The van der Waals surface area contributed by atoms with Crippen LogP contribution >= 0.6 is 43.2 Å². The van der Waals surface area contributed by atoms with Gasteiger partial charge in [0, 0.05) is 39.6 Å². The van der Waals surface area contributed by atoms with Crippen molar-refractivity contribution in [3.63, 3.8) is 0 Å². The average Bonchev–Trinajstić information content (AvgIpc) is 3.28. The lowest BCUT2D eigenvalue weighted by atomic mass is 9.95. The lowest BCUT2D eigenvalue weighted by Gasteiger charge is -2.31. The summed E-state index contributed by atoms with van der Waals surface area (Å²) in [5.41, 5.74) is 1.31. The molecule has 1 saturated heterocycles. The first kappa shape index (κ1) is 24.8. The number of methoxy groups -OCH3 is 1. The number of rotatable bonds is 7. The van der Waals surface area contributed by atoms with Crippen molar-refractivity contribution in [3.8, 4) is 11.5 Å². The van der Waals surface area contributed by atoms with Crippen molar-refractivity contribution in [2.45, 2.75) is 19.4 Å². The van der Waals surface area contributed by atoms with E-state index in [0.717, 1.165) is 18.8 Å². The normalized spacial score (nSPS) is 14.0. The molecular formula is C25H24Br2N2O4S. The van der Waals surface area contributed by atoms with Gasteiger partial charge in [0.2, 0.25) is 5.91 Å². The summed E-state index contributed by atoms with van der Waals surface area (Å²) in [4.78, 5) is 28.6.